The number of amides is 1. The highest BCUT2D eigenvalue weighted by molar-refractivity contribution is 7.14. The van der Waals surface area contributed by atoms with Crippen LogP contribution in [0.1, 0.15) is 40.3 Å². The summed E-state index contributed by atoms with van der Waals surface area (Å²) in [5.41, 5.74) is 1.71. The van der Waals surface area contributed by atoms with Gasteiger partial charge in [0.15, 0.2) is 5.13 Å². The maximum absolute atomic E-state index is 13.2. The van der Waals surface area contributed by atoms with E-state index in [1.807, 2.05) is 5.38 Å². The SMILES string of the molecule is CC(=O)N(c1ccc(F)cc1)c1nc(CN(C)[C@@H](C)C(C)(C)C)cs1. The van der Waals surface area contributed by atoms with Gasteiger partial charge in [-0.2, -0.15) is 0 Å². The molecular weight excluding hydrogens is 337 g/mol. The van der Waals surface area contributed by atoms with E-state index in [0.29, 0.717) is 23.4 Å². The van der Waals surface area contributed by atoms with Crippen molar-refractivity contribution in [1.82, 2.24) is 9.88 Å². The Hall–Kier alpha value is -1.79. The van der Waals surface area contributed by atoms with Gasteiger partial charge < -0.3 is 0 Å². The number of aromatic nitrogens is 1. The summed E-state index contributed by atoms with van der Waals surface area (Å²) >= 11 is 1.42. The van der Waals surface area contributed by atoms with E-state index in [4.69, 9.17) is 0 Å². The van der Waals surface area contributed by atoms with Gasteiger partial charge >= 0.3 is 0 Å². The first-order valence-corrected chi connectivity index (χ1v) is 9.18. The summed E-state index contributed by atoms with van der Waals surface area (Å²) in [6.07, 6.45) is 0. The van der Waals surface area contributed by atoms with Crippen molar-refractivity contribution in [1.29, 1.82) is 0 Å². The highest BCUT2D eigenvalue weighted by Crippen LogP contribution is 2.30. The van der Waals surface area contributed by atoms with Crippen molar-refractivity contribution in [2.45, 2.75) is 47.2 Å². The van der Waals surface area contributed by atoms with Crippen molar-refractivity contribution in [3.05, 3.63) is 41.2 Å². The van der Waals surface area contributed by atoms with Gasteiger partial charge in [-0.25, -0.2) is 9.37 Å². The lowest BCUT2D eigenvalue weighted by Gasteiger charge is -2.35. The number of anilines is 2. The molecule has 0 radical (unpaired) electrons. The molecule has 6 heteroatoms. The molecule has 0 saturated heterocycles. The third kappa shape index (κ3) is 4.86. The normalized spacial score (nSPS) is 13.1. The van der Waals surface area contributed by atoms with Crippen LogP contribution < -0.4 is 4.90 Å². The van der Waals surface area contributed by atoms with E-state index in [-0.39, 0.29) is 17.1 Å². The molecule has 25 heavy (non-hydrogen) atoms. The summed E-state index contributed by atoms with van der Waals surface area (Å²) < 4.78 is 13.2. The van der Waals surface area contributed by atoms with Gasteiger partial charge in [0.2, 0.25) is 5.91 Å². The van der Waals surface area contributed by atoms with Gasteiger partial charge in [0.1, 0.15) is 5.82 Å². The Morgan fingerprint density at radius 2 is 1.88 bits per heavy atom. The van der Waals surface area contributed by atoms with E-state index in [9.17, 15) is 9.18 Å². The first-order chi connectivity index (χ1) is 11.6. The predicted octanol–water partition coefficient (Wildman–Crippen LogP) is 4.83. The number of hydrogen-bond donors (Lipinski definition) is 0. The third-order valence-electron chi connectivity index (χ3n) is 4.46. The summed E-state index contributed by atoms with van der Waals surface area (Å²) in [6.45, 7) is 11.0. The lowest BCUT2D eigenvalue weighted by atomic mass is 9.87. The van der Waals surface area contributed by atoms with E-state index in [1.54, 1.807) is 12.1 Å². The molecule has 0 fully saturated rings. The van der Waals surface area contributed by atoms with Gasteiger partial charge in [0.25, 0.3) is 0 Å². The number of thiazole rings is 1. The molecule has 0 aliphatic rings. The van der Waals surface area contributed by atoms with E-state index in [0.717, 1.165) is 5.69 Å². The second kappa shape index (κ2) is 7.62. The van der Waals surface area contributed by atoms with Crippen LogP contribution in [0.15, 0.2) is 29.6 Å². The molecule has 1 amide bonds. The quantitative estimate of drug-likeness (QED) is 0.763. The van der Waals surface area contributed by atoms with Crippen LogP contribution in [-0.4, -0.2) is 28.9 Å². The molecule has 0 aliphatic carbocycles. The van der Waals surface area contributed by atoms with Gasteiger partial charge in [-0.3, -0.25) is 14.6 Å². The summed E-state index contributed by atoms with van der Waals surface area (Å²) in [7, 11) is 2.08. The van der Waals surface area contributed by atoms with Crippen LogP contribution in [-0.2, 0) is 11.3 Å². The molecule has 1 heterocycles. The van der Waals surface area contributed by atoms with Crippen LogP contribution in [0.25, 0.3) is 0 Å². The number of nitrogens with zero attached hydrogens (tertiary/aromatic N) is 3. The average Bonchev–Trinajstić information content (AvgIpc) is 2.95. The standard InChI is InChI=1S/C19H26FN3OS/c1-13(19(3,4)5)22(6)11-16-12-25-18(21-16)23(14(2)24)17-9-7-15(20)8-10-17/h7-10,12-13H,11H2,1-6H3/t13-/m0/s1. The van der Waals surface area contributed by atoms with Crippen LogP contribution >= 0.6 is 11.3 Å². The Balaban J connectivity index is 2.20. The van der Waals surface area contributed by atoms with Crippen LogP contribution in [0.3, 0.4) is 0 Å². The fraction of sp³-hybridized carbons (Fsp3) is 0.474. The second-order valence-corrected chi connectivity index (χ2v) is 8.25. The first kappa shape index (κ1) is 19.5. The monoisotopic (exact) mass is 363 g/mol. The summed E-state index contributed by atoms with van der Waals surface area (Å²) in [5, 5.41) is 2.58. The fourth-order valence-corrected chi connectivity index (χ4v) is 3.42. The molecule has 2 aromatic rings. The van der Waals surface area contributed by atoms with Gasteiger partial charge in [-0.15, -0.1) is 11.3 Å². The molecule has 1 aromatic carbocycles. The lowest BCUT2D eigenvalue weighted by Crippen LogP contribution is -2.38. The predicted molar refractivity (Wildman–Crippen MR) is 102 cm³/mol. The molecule has 0 unspecified atom stereocenters. The van der Waals surface area contributed by atoms with Gasteiger partial charge in [-0.1, -0.05) is 20.8 Å². The Morgan fingerprint density at radius 1 is 1.28 bits per heavy atom. The Labute approximate surface area is 153 Å². The van der Waals surface area contributed by atoms with Crippen LogP contribution in [0.5, 0.6) is 0 Å². The van der Waals surface area contributed by atoms with Crippen molar-refractivity contribution in [2.24, 2.45) is 5.41 Å². The number of hydrogen-bond acceptors (Lipinski definition) is 4. The van der Waals surface area contributed by atoms with E-state index in [2.05, 4.69) is 44.6 Å². The molecule has 0 N–H and O–H groups in total. The highest BCUT2D eigenvalue weighted by atomic mass is 32.1. The molecular formula is C19H26FN3OS. The molecule has 1 atom stereocenters. The minimum Gasteiger partial charge on any atom is -0.297 e. The summed E-state index contributed by atoms with van der Waals surface area (Å²) in [5.74, 6) is -0.478. The van der Waals surface area contributed by atoms with Crippen molar-refractivity contribution < 1.29 is 9.18 Å². The smallest absolute Gasteiger partial charge is 0.230 e. The van der Waals surface area contributed by atoms with Crippen LogP contribution in [0.2, 0.25) is 0 Å². The van der Waals surface area contributed by atoms with Crippen molar-refractivity contribution in [2.75, 3.05) is 11.9 Å². The maximum atomic E-state index is 13.2. The topological polar surface area (TPSA) is 36.4 Å². The molecule has 4 nitrogen and oxygen atoms in total. The molecule has 0 aliphatic heterocycles. The Bertz CT molecular complexity index is 721. The number of benzene rings is 1. The van der Waals surface area contributed by atoms with Crippen molar-refractivity contribution >= 4 is 28.1 Å². The molecule has 0 saturated carbocycles. The molecule has 136 valence electrons. The second-order valence-electron chi connectivity index (χ2n) is 7.41. The number of rotatable bonds is 5. The number of halogens is 1. The van der Waals surface area contributed by atoms with Gasteiger partial charge in [0.05, 0.1) is 11.4 Å². The molecule has 0 bridgehead atoms. The van der Waals surface area contributed by atoms with E-state index in [1.165, 1.54) is 35.3 Å². The largest absolute Gasteiger partial charge is 0.297 e. The highest BCUT2D eigenvalue weighted by Gasteiger charge is 2.25. The number of carbonyl (C=O) groups excluding carboxylic acids is 1. The minimum atomic E-state index is -0.329. The molecule has 1 aromatic heterocycles. The zero-order chi connectivity index (χ0) is 18.8. The van der Waals surface area contributed by atoms with Gasteiger partial charge in [0, 0.05) is 24.9 Å². The summed E-state index contributed by atoms with van der Waals surface area (Å²) in [6, 6.07) is 6.26. The van der Waals surface area contributed by atoms with Crippen LogP contribution in [0.4, 0.5) is 15.2 Å². The average molecular weight is 364 g/mol. The zero-order valence-corrected chi connectivity index (χ0v) is 16.5. The first-order valence-electron chi connectivity index (χ1n) is 8.30. The van der Waals surface area contributed by atoms with Crippen LogP contribution in [0, 0.1) is 11.2 Å². The lowest BCUT2D eigenvalue weighted by molar-refractivity contribution is -0.115. The molecule has 2 rings (SSSR count). The van der Waals surface area contributed by atoms with Crippen molar-refractivity contribution in [3.63, 3.8) is 0 Å². The fourth-order valence-electron chi connectivity index (χ4n) is 2.54. The Kier molecular flexibility index (Phi) is 5.95. The Morgan fingerprint density at radius 3 is 2.40 bits per heavy atom. The van der Waals surface area contributed by atoms with Crippen molar-refractivity contribution in [3.8, 4) is 0 Å². The number of carbonyl (C=O) groups is 1. The van der Waals surface area contributed by atoms with E-state index >= 15 is 0 Å². The van der Waals surface area contributed by atoms with Gasteiger partial charge in [-0.05, 0) is 43.7 Å². The zero-order valence-electron chi connectivity index (χ0n) is 15.7. The van der Waals surface area contributed by atoms with E-state index < -0.39 is 0 Å². The maximum Gasteiger partial charge on any atom is 0.230 e. The third-order valence-corrected chi connectivity index (χ3v) is 5.33. The molecule has 0 spiro atoms. The minimum absolute atomic E-state index is 0.149. The summed E-state index contributed by atoms with van der Waals surface area (Å²) in [4.78, 5) is 20.5.